The number of aliphatic hydroxyl groups excluding tert-OH is 1. The minimum Gasteiger partial charge on any atom is -0.386 e. The Morgan fingerprint density at radius 2 is 1.89 bits per heavy atom. The highest BCUT2D eigenvalue weighted by Crippen LogP contribution is 2.36. The lowest BCUT2D eigenvalue weighted by Crippen LogP contribution is -2.21. The minimum absolute atomic E-state index is 0.00306. The first kappa shape index (κ1) is 12.4. The smallest absolute Gasteiger partial charge is 0.0987 e. The molecule has 3 rings (SSSR count). The molecule has 2 N–H and O–H groups in total. The lowest BCUT2D eigenvalue weighted by atomic mass is 9.92. The van der Waals surface area contributed by atoms with Crippen LogP contribution >= 0.6 is 0 Å². The lowest BCUT2D eigenvalue weighted by molar-refractivity contribution is 0.133. The van der Waals surface area contributed by atoms with Gasteiger partial charge in [-0.2, -0.15) is 0 Å². The first-order valence-electron chi connectivity index (χ1n) is 6.74. The van der Waals surface area contributed by atoms with E-state index in [4.69, 9.17) is 0 Å². The summed E-state index contributed by atoms with van der Waals surface area (Å²) < 4.78 is 0. The van der Waals surface area contributed by atoms with E-state index < -0.39 is 6.10 Å². The van der Waals surface area contributed by atoms with Gasteiger partial charge in [0.2, 0.25) is 0 Å². The van der Waals surface area contributed by atoms with E-state index in [1.165, 1.54) is 22.3 Å². The average Bonchev–Trinajstić information content (AvgIpc) is 2.85. The molecule has 2 nitrogen and oxygen atoms in total. The summed E-state index contributed by atoms with van der Waals surface area (Å²) in [6.07, 6.45) is -0.497. The van der Waals surface area contributed by atoms with Crippen molar-refractivity contribution in [1.29, 1.82) is 0 Å². The van der Waals surface area contributed by atoms with Crippen LogP contribution in [0.2, 0.25) is 0 Å². The van der Waals surface area contributed by atoms with E-state index in [-0.39, 0.29) is 6.04 Å². The maximum Gasteiger partial charge on any atom is 0.0987 e. The Morgan fingerprint density at radius 3 is 2.74 bits per heavy atom. The van der Waals surface area contributed by atoms with Gasteiger partial charge in [0.25, 0.3) is 0 Å². The first-order chi connectivity index (χ1) is 9.18. The molecule has 0 spiro atoms. The SMILES string of the molecule is Cc1cccc(C(O)C2NCc3ccccc32)c1C. The molecule has 1 aliphatic rings. The zero-order chi connectivity index (χ0) is 13.4. The molecule has 0 radical (unpaired) electrons. The van der Waals surface area contributed by atoms with Crippen LogP contribution < -0.4 is 5.32 Å². The number of hydrogen-bond donors (Lipinski definition) is 2. The second-order valence-corrected chi connectivity index (χ2v) is 5.29. The molecule has 0 saturated heterocycles. The molecule has 0 aromatic heterocycles. The van der Waals surface area contributed by atoms with Crippen LogP contribution in [0, 0.1) is 13.8 Å². The van der Waals surface area contributed by atoms with Crippen LogP contribution in [0.25, 0.3) is 0 Å². The Kier molecular flexibility index (Phi) is 3.13. The molecule has 0 saturated carbocycles. The minimum atomic E-state index is -0.497. The summed E-state index contributed by atoms with van der Waals surface area (Å²) in [6.45, 7) is 5.00. The van der Waals surface area contributed by atoms with Crippen molar-refractivity contribution in [3.8, 4) is 0 Å². The summed E-state index contributed by atoms with van der Waals surface area (Å²) in [5.74, 6) is 0. The van der Waals surface area contributed by atoms with E-state index in [1.807, 2.05) is 24.3 Å². The number of fused-ring (bicyclic) bond motifs is 1. The van der Waals surface area contributed by atoms with E-state index in [2.05, 4.69) is 37.4 Å². The van der Waals surface area contributed by atoms with Crippen molar-refractivity contribution in [2.45, 2.75) is 32.5 Å². The highest BCUT2D eigenvalue weighted by molar-refractivity contribution is 5.40. The summed E-state index contributed by atoms with van der Waals surface area (Å²) in [7, 11) is 0. The third-order valence-corrected chi connectivity index (χ3v) is 4.18. The molecule has 2 unspecified atom stereocenters. The van der Waals surface area contributed by atoms with Crippen molar-refractivity contribution in [2.75, 3.05) is 0 Å². The standard InChI is InChI=1S/C17H19NO/c1-11-6-5-9-14(12(11)2)17(19)16-15-8-4-3-7-13(15)10-18-16/h3-9,16-19H,10H2,1-2H3. The van der Waals surface area contributed by atoms with E-state index in [1.54, 1.807) is 0 Å². The molecular formula is C17H19NO. The maximum atomic E-state index is 10.7. The Labute approximate surface area is 114 Å². The molecule has 2 aromatic carbocycles. The topological polar surface area (TPSA) is 32.3 Å². The number of aliphatic hydroxyl groups is 1. The van der Waals surface area contributed by atoms with Gasteiger partial charge >= 0.3 is 0 Å². The van der Waals surface area contributed by atoms with Crippen molar-refractivity contribution >= 4 is 0 Å². The maximum absolute atomic E-state index is 10.7. The predicted molar refractivity (Wildman–Crippen MR) is 76.9 cm³/mol. The molecule has 1 aliphatic heterocycles. The van der Waals surface area contributed by atoms with Crippen LogP contribution in [0.5, 0.6) is 0 Å². The molecule has 2 aromatic rings. The van der Waals surface area contributed by atoms with Gasteiger partial charge in [-0.1, -0.05) is 42.5 Å². The number of benzene rings is 2. The van der Waals surface area contributed by atoms with Gasteiger partial charge in [0.15, 0.2) is 0 Å². The number of nitrogens with one attached hydrogen (secondary N) is 1. The summed E-state index contributed by atoms with van der Waals surface area (Å²) in [5.41, 5.74) is 5.94. The van der Waals surface area contributed by atoms with Gasteiger partial charge in [-0.05, 0) is 41.7 Å². The highest BCUT2D eigenvalue weighted by atomic mass is 16.3. The Morgan fingerprint density at radius 1 is 1.11 bits per heavy atom. The van der Waals surface area contributed by atoms with Crippen LogP contribution in [-0.4, -0.2) is 5.11 Å². The van der Waals surface area contributed by atoms with Crippen molar-refractivity contribution in [1.82, 2.24) is 5.32 Å². The van der Waals surface area contributed by atoms with Crippen molar-refractivity contribution < 1.29 is 5.11 Å². The zero-order valence-corrected chi connectivity index (χ0v) is 11.4. The van der Waals surface area contributed by atoms with Gasteiger partial charge in [0, 0.05) is 6.54 Å². The van der Waals surface area contributed by atoms with Crippen LogP contribution in [0.3, 0.4) is 0 Å². The predicted octanol–water partition coefficient (Wildman–Crippen LogP) is 3.18. The van der Waals surface area contributed by atoms with E-state index in [9.17, 15) is 5.11 Å². The molecule has 0 fully saturated rings. The largest absolute Gasteiger partial charge is 0.386 e. The Bertz CT molecular complexity index is 606. The van der Waals surface area contributed by atoms with Crippen molar-refractivity contribution in [2.24, 2.45) is 0 Å². The second-order valence-electron chi connectivity index (χ2n) is 5.29. The fraction of sp³-hybridized carbons (Fsp3) is 0.294. The molecule has 2 atom stereocenters. The summed E-state index contributed by atoms with van der Waals surface area (Å²) in [5, 5.41) is 14.1. The van der Waals surface area contributed by atoms with E-state index in [0.29, 0.717) is 0 Å². The van der Waals surface area contributed by atoms with Crippen molar-refractivity contribution in [3.63, 3.8) is 0 Å². The molecule has 98 valence electrons. The quantitative estimate of drug-likeness (QED) is 0.861. The van der Waals surface area contributed by atoms with Crippen LogP contribution in [0.15, 0.2) is 42.5 Å². The normalized spacial score (nSPS) is 19.2. The Balaban J connectivity index is 1.98. The molecule has 0 amide bonds. The van der Waals surface area contributed by atoms with E-state index >= 15 is 0 Å². The first-order valence-corrected chi connectivity index (χ1v) is 6.74. The third kappa shape index (κ3) is 2.07. The molecular weight excluding hydrogens is 234 g/mol. The van der Waals surface area contributed by atoms with Gasteiger partial charge < -0.3 is 10.4 Å². The summed E-state index contributed by atoms with van der Waals surface area (Å²) in [4.78, 5) is 0. The van der Waals surface area contributed by atoms with Gasteiger partial charge in [0.05, 0.1) is 12.1 Å². The fourth-order valence-electron chi connectivity index (χ4n) is 2.88. The zero-order valence-electron chi connectivity index (χ0n) is 11.4. The molecule has 19 heavy (non-hydrogen) atoms. The molecule has 1 heterocycles. The second kappa shape index (κ2) is 4.80. The van der Waals surface area contributed by atoms with Crippen molar-refractivity contribution in [3.05, 3.63) is 70.3 Å². The van der Waals surface area contributed by atoms with Gasteiger partial charge in [-0.25, -0.2) is 0 Å². The van der Waals surface area contributed by atoms with Crippen LogP contribution in [-0.2, 0) is 6.54 Å². The number of hydrogen-bond acceptors (Lipinski definition) is 2. The third-order valence-electron chi connectivity index (χ3n) is 4.18. The van der Waals surface area contributed by atoms with Gasteiger partial charge in [-0.3, -0.25) is 0 Å². The van der Waals surface area contributed by atoms with Gasteiger partial charge in [-0.15, -0.1) is 0 Å². The fourth-order valence-corrected chi connectivity index (χ4v) is 2.88. The lowest BCUT2D eigenvalue weighted by Gasteiger charge is -2.22. The van der Waals surface area contributed by atoms with E-state index in [0.717, 1.165) is 12.1 Å². The highest BCUT2D eigenvalue weighted by Gasteiger charge is 2.29. The van der Waals surface area contributed by atoms with Crippen LogP contribution in [0.1, 0.15) is 40.0 Å². The molecule has 0 aliphatic carbocycles. The number of rotatable bonds is 2. The average molecular weight is 253 g/mol. The van der Waals surface area contributed by atoms with Gasteiger partial charge in [0.1, 0.15) is 0 Å². The monoisotopic (exact) mass is 253 g/mol. The summed E-state index contributed by atoms with van der Waals surface area (Å²) in [6, 6.07) is 14.4. The van der Waals surface area contributed by atoms with Crippen LogP contribution in [0.4, 0.5) is 0 Å². The molecule has 0 bridgehead atoms. The molecule has 2 heteroatoms. The summed E-state index contributed by atoms with van der Waals surface area (Å²) >= 11 is 0. The Hall–Kier alpha value is -1.64. The number of aryl methyl sites for hydroxylation is 1.